The molecule has 0 spiro atoms. The summed E-state index contributed by atoms with van der Waals surface area (Å²) in [6, 6.07) is -0.544. The highest BCUT2D eigenvalue weighted by atomic mass is 16.6. The van der Waals surface area contributed by atoms with Crippen LogP contribution in [-0.2, 0) is 14.3 Å². The van der Waals surface area contributed by atoms with Crippen LogP contribution in [0.1, 0.15) is 48.0 Å². The zero-order valence-corrected chi connectivity index (χ0v) is 14.9. The third-order valence-electron chi connectivity index (χ3n) is 5.73. The lowest BCUT2D eigenvalue weighted by Gasteiger charge is -2.54. The lowest BCUT2D eigenvalue weighted by atomic mass is 9.57. The van der Waals surface area contributed by atoms with E-state index in [0.717, 1.165) is 6.42 Å². The van der Waals surface area contributed by atoms with Crippen LogP contribution in [0.25, 0.3) is 0 Å². The summed E-state index contributed by atoms with van der Waals surface area (Å²) in [7, 11) is 0. The van der Waals surface area contributed by atoms with Crippen molar-refractivity contribution in [3.63, 3.8) is 0 Å². The minimum Gasteiger partial charge on any atom is -0.457 e. The number of ether oxygens (including phenoxy) is 2. The van der Waals surface area contributed by atoms with Gasteiger partial charge in [-0.25, -0.2) is 9.59 Å². The molecule has 1 amide bonds. The van der Waals surface area contributed by atoms with Gasteiger partial charge in [0, 0.05) is 17.9 Å². The molecule has 2 heterocycles. The molecule has 1 aliphatic carbocycles. The smallest absolute Gasteiger partial charge is 0.411 e. The summed E-state index contributed by atoms with van der Waals surface area (Å²) < 4.78 is 11.3. The maximum atomic E-state index is 12.6. The first kappa shape index (κ1) is 16.3. The number of likely N-dealkylation sites (tertiary alicyclic amines) is 1. The van der Waals surface area contributed by atoms with Crippen LogP contribution >= 0.6 is 0 Å². The normalized spacial score (nSPS) is 38.1. The Balaban J connectivity index is 1.97. The van der Waals surface area contributed by atoms with E-state index in [9.17, 15) is 9.59 Å². The van der Waals surface area contributed by atoms with Gasteiger partial charge in [0.05, 0.1) is 0 Å². The molecule has 23 heavy (non-hydrogen) atoms. The Morgan fingerprint density at radius 2 is 2.00 bits per heavy atom. The molecule has 3 aliphatic rings. The molecule has 0 aromatic carbocycles. The molecule has 0 aromatic heterocycles. The Hall–Kier alpha value is -1.52. The monoisotopic (exact) mass is 321 g/mol. The average Bonchev–Trinajstić information content (AvgIpc) is 2.76. The number of nitrogens with zero attached hydrogens (tertiary/aromatic N) is 1. The van der Waals surface area contributed by atoms with Gasteiger partial charge in [-0.3, -0.25) is 4.90 Å². The fourth-order valence-corrected chi connectivity index (χ4v) is 4.38. The molecule has 2 aliphatic heterocycles. The van der Waals surface area contributed by atoms with Gasteiger partial charge in [-0.1, -0.05) is 19.1 Å². The number of cyclic esters (lactones) is 1. The highest BCUT2D eigenvalue weighted by molar-refractivity contribution is 5.84. The van der Waals surface area contributed by atoms with Crippen molar-refractivity contribution in [1.82, 2.24) is 4.90 Å². The van der Waals surface area contributed by atoms with E-state index in [2.05, 4.69) is 19.1 Å². The van der Waals surface area contributed by atoms with Crippen molar-refractivity contribution in [3.05, 3.63) is 12.2 Å². The number of allylic oxidation sites excluding steroid dienone is 1. The molecule has 0 saturated carbocycles. The molecule has 0 bridgehead atoms. The van der Waals surface area contributed by atoms with E-state index in [1.165, 1.54) is 0 Å². The van der Waals surface area contributed by atoms with Crippen LogP contribution in [0.5, 0.6) is 0 Å². The topological polar surface area (TPSA) is 55.8 Å². The van der Waals surface area contributed by atoms with Crippen molar-refractivity contribution in [1.29, 1.82) is 0 Å². The van der Waals surface area contributed by atoms with Crippen molar-refractivity contribution in [2.75, 3.05) is 6.54 Å². The lowest BCUT2D eigenvalue weighted by molar-refractivity contribution is -0.197. The fourth-order valence-electron chi connectivity index (χ4n) is 4.38. The molecular weight excluding hydrogens is 294 g/mol. The minimum absolute atomic E-state index is 0.0799. The minimum atomic E-state index is -0.579. The molecule has 0 unspecified atom stereocenters. The van der Waals surface area contributed by atoms with Crippen LogP contribution in [0, 0.1) is 17.3 Å². The zero-order valence-electron chi connectivity index (χ0n) is 14.9. The van der Waals surface area contributed by atoms with Crippen LogP contribution in [0.3, 0.4) is 0 Å². The van der Waals surface area contributed by atoms with Crippen molar-refractivity contribution in [2.24, 2.45) is 17.3 Å². The number of hydrogen-bond acceptors (Lipinski definition) is 4. The standard InChI is InChI=1S/C18H27NO4/c1-16(2,3)23-15(21)19-10-11-8-7-9-18(6)12(11)13(19)14(20)22-17(18,4)5/h7,9,11-13H,8,10H2,1-6H3/t11-,12-,13-,18-/m0/s1. The van der Waals surface area contributed by atoms with E-state index in [1.807, 2.05) is 34.6 Å². The molecule has 5 nitrogen and oxygen atoms in total. The van der Waals surface area contributed by atoms with Gasteiger partial charge in [0.25, 0.3) is 0 Å². The summed E-state index contributed by atoms with van der Waals surface area (Å²) in [5.41, 5.74) is -1.43. The number of rotatable bonds is 0. The van der Waals surface area contributed by atoms with Crippen molar-refractivity contribution >= 4 is 12.1 Å². The maximum absolute atomic E-state index is 12.6. The molecule has 3 rings (SSSR count). The second kappa shape index (κ2) is 4.74. The van der Waals surface area contributed by atoms with E-state index in [1.54, 1.807) is 4.90 Å². The highest BCUT2D eigenvalue weighted by Crippen LogP contribution is 2.57. The molecule has 2 saturated heterocycles. The van der Waals surface area contributed by atoms with Gasteiger partial charge in [-0.15, -0.1) is 0 Å². The van der Waals surface area contributed by atoms with Gasteiger partial charge in [0.1, 0.15) is 17.2 Å². The fraction of sp³-hybridized carbons (Fsp3) is 0.778. The Morgan fingerprint density at radius 1 is 1.35 bits per heavy atom. The summed E-state index contributed by atoms with van der Waals surface area (Å²) in [5.74, 6) is 0.0482. The Morgan fingerprint density at radius 3 is 2.61 bits per heavy atom. The SMILES string of the molecule is CC(C)(C)OC(=O)N1C[C@@H]2CC=C[C@@]3(C)[C@@H]2[C@H]1C(=O)OC3(C)C. The van der Waals surface area contributed by atoms with Gasteiger partial charge in [-0.05, 0) is 47.0 Å². The summed E-state index contributed by atoms with van der Waals surface area (Å²) in [4.78, 5) is 26.8. The maximum Gasteiger partial charge on any atom is 0.411 e. The number of hydrogen-bond donors (Lipinski definition) is 0. The van der Waals surface area contributed by atoms with E-state index in [4.69, 9.17) is 9.47 Å². The van der Waals surface area contributed by atoms with Gasteiger partial charge in [0.2, 0.25) is 0 Å². The Kier molecular flexibility index (Phi) is 3.37. The quantitative estimate of drug-likeness (QED) is 0.508. The number of carbonyl (C=O) groups is 2. The van der Waals surface area contributed by atoms with Crippen LogP contribution in [-0.4, -0.2) is 40.8 Å². The van der Waals surface area contributed by atoms with Crippen LogP contribution in [0.4, 0.5) is 4.79 Å². The van der Waals surface area contributed by atoms with E-state index >= 15 is 0 Å². The Labute approximate surface area is 138 Å². The number of esters is 1. The van der Waals surface area contributed by atoms with Crippen molar-refractivity contribution in [2.45, 2.75) is 65.2 Å². The van der Waals surface area contributed by atoms with Crippen molar-refractivity contribution < 1.29 is 19.1 Å². The molecule has 2 fully saturated rings. The van der Waals surface area contributed by atoms with Crippen LogP contribution in [0.15, 0.2) is 12.2 Å². The predicted molar refractivity (Wildman–Crippen MR) is 85.7 cm³/mol. The van der Waals surface area contributed by atoms with E-state index < -0.39 is 23.3 Å². The van der Waals surface area contributed by atoms with Gasteiger partial charge < -0.3 is 9.47 Å². The average molecular weight is 321 g/mol. The number of carbonyl (C=O) groups excluding carboxylic acids is 2. The zero-order chi connectivity index (χ0) is 17.2. The van der Waals surface area contributed by atoms with Crippen LogP contribution < -0.4 is 0 Å². The van der Waals surface area contributed by atoms with Gasteiger partial charge in [0.15, 0.2) is 0 Å². The van der Waals surface area contributed by atoms with E-state index in [-0.39, 0.29) is 23.2 Å². The summed E-state index contributed by atoms with van der Waals surface area (Å²) >= 11 is 0. The predicted octanol–water partition coefficient (Wildman–Crippen LogP) is 3.14. The summed E-state index contributed by atoms with van der Waals surface area (Å²) in [6.45, 7) is 12.1. The molecule has 0 radical (unpaired) electrons. The molecule has 4 atom stereocenters. The van der Waals surface area contributed by atoms with Crippen LogP contribution in [0.2, 0.25) is 0 Å². The first-order valence-corrected chi connectivity index (χ1v) is 8.36. The third kappa shape index (κ3) is 2.36. The largest absolute Gasteiger partial charge is 0.457 e. The second-order valence-corrected chi connectivity index (χ2v) is 8.72. The second-order valence-electron chi connectivity index (χ2n) is 8.72. The Bertz CT molecular complexity index is 574. The lowest BCUT2D eigenvalue weighted by Crippen LogP contribution is -2.62. The first-order chi connectivity index (χ1) is 10.5. The molecule has 5 heteroatoms. The van der Waals surface area contributed by atoms with Gasteiger partial charge >= 0.3 is 12.1 Å². The molecule has 128 valence electrons. The molecular formula is C18H27NO4. The molecule has 0 N–H and O–H groups in total. The number of amides is 1. The first-order valence-electron chi connectivity index (χ1n) is 8.36. The van der Waals surface area contributed by atoms with Crippen molar-refractivity contribution in [3.8, 4) is 0 Å². The highest BCUT2D eigenvalue weighted by Gasteiger charge is 2.65. The molecule has 0 aromatic rings. The summed E-state index contributed by atoms with van der Waals surface area (Å²) in [6.07, 6.45) is 4.81. The summed E-state index contributed by atoms with van der Waals surface area (Å²) in [5, 5.41) is 0. The van der Waals surface area contributed by atoms with E-state index in [0.29, 0.717) is 6.54 Å². The van der Waals surface area contributed by atoms with Gasteiger partial charge in [-0.2, -0.15) is 0 Å². The third-order valence-corrected chi connectivity index (χ3v) is 5.73.